The molecule has 4 nitrogen and oxygen atoms in total. The highest BCUT2D eigenvalue weighted by molar-refractivity contribution is 6.13. The van der Waals surface area contributed by atoms with Crippen molar-refractivity contribution in [1.29, 1.82) is 0 Å². The Balaban J connectivity index is 1.58. The van der Waals surface area contributed by atoms with Crippen LogP contribution in [0.2, 0.25) is 0 Å². The van der Waals surface area contributed by atoms with Crippen LogP contribution in [-0.2, 0) is 10.2 Å². The van der Waals surface area contributed by atoms with Gasteiger partial charge in [-0.2, -0.15) is 0 Å². The number of carbonyl (C=O) groups excluding carboxylic acids is 2. The summed E-state index contributed by atoms with van der Waals surface area (Å²) in [7, 11) is 0. The summed E-state index contributed by atoms with van der Waals surface area (Å²) in [5, 5.41) is 0. The predicted octanol–water partition coefficient (Wildman–Crippen LogP) is 5.35. The number of carbonyl (C=O) groups is 2. The average Bonchev–Trinajstić information content (AvgIpc) is 2.68. The van der Waals surface area contributed by atoms with Crippen molar-refractivity contribution in [2.24, 2.45) is 0 Å². The molecule has 0 amide bonds. The van der Waals surface area contributed by atoms with E-state index in [9.17, 15) is 9.59 Å². The minimum absolute atomic E-state index is 0.0316. The lowest BCUT2D eigenvalue weighted by Crippen LogP contribution is -2.24. The lowest BCUT2D eigenvalue weighted by molar-refractivity contribution is -0.105. The average molecular weight is 380 g/mol. The van der Waals surface area contributed by atoms with Gasteiger partial charge in [0.05, 0.1) is 13.0 Å². The topological polar surface area (TPSA) is 52.6 Å². The maximum atomic E-state index is 12.5. The minimum atomic E-state index is -0.215. The van der Waals surface area contributed by atoms with Gasteiger partial charge in [-0.3, -0.25) is 9.59 Å². The predicted molar refractivity (Wildman–Crippen MR) is 109 cm³/mol. The van der Waals surface area contributed by atoms with E-state index < -0.39 is 0 Å². The van der Waals surface area contributed by atoms with Crippen molar-refractivity contribution in [2.45, 2.75) is 58.2 Å². The molecule has 1 heterocycles. The van der Waals surface area contributed by atoms with Crippen LogP contribution < -0.4 is 4.74 Å². The fourth-order valence-electron chi connectivity index (χ4n) is 3.18. The van der Waals surface area contributed by atoms with Crippen LogP contribution in [0.5, 0.6) is 5.75 Å². The van der Waals surface area contributed by atoms with Crippen molar-refractivity contribution in [2.75, 3.05) is 6.61 Å². The fourth-order valence-corrected chi connectivity index (χ4v) is 3.18. The third-order valence-corrected chi connectivity index (χ3v) is 4.98. The lowest BCUT2D eigenvalue weighted by atomic mass is 9.86. The molecular weight excluding hydrogens is 352 g/mol. The number of hydrogen-bond donors (Lipinski definition) is 0. The van der Waals surface area contributed by atoms with Crippen LogP contribution in [0.4, 0.5) is 0 Å². The molecule has 0 aromatic heterocycles. The van der Waals surface area contributed by atoms with Crippen molar-refractivity contribution >= 4 is 11.6 Å². The Hall–Kier alpha value is -2.46. The van der Waals surface area contributed by atoms with E-state index in [1.54, 1.807) is 36.4 Å². The zero-order chi connectivity index (χ0) is 20.1. The first-order chi connectivity index (χ1) is 13.3. The number of benzene rings is 2. The van der Waals surface area contributed by atoms with Gasteiger partial charge in [0.1, 0.15) is 5.75 Å². The molecule has 1 aliphatic rings. The molecule has 0 bridgehead atoms. The minimum Gasteiger partial charge on any atom is -0.465 e. The molecule has 1 aliphatic heterocycles. The molecule has 0 saturated carbocycles. The van der Waals surface area contributed by atoms with Crippen LogP contribution in [-0.4, -0.2) is 24.5 Å². The Labute approximate surface area is 166 Å². The summed E-state index contributed by atoms with van der Waals surface area (Å²) >= 11 is 0. The highest BCUT2D eigenvalue weighted by atomic mass is 16.7. The van der Waals surface area contributed by atoms with Crippen molar-refractivity contribution < 1.29 is 19.1 Å². The molecule has 1 saturated heterocycles. The second-order valence-corrected chi connectivity index (χ2v) is 8.29. The maximum Gasteiger partial charge on any atom is 0.199 e. The fraction of sp³-hybridized carbons (Fsp3) is 0.417. The van der Waals surface area contributed by atoms with Crippen LogP contribution in [0.3, 0.4) is 0 Å². The van der Waals surface area contributed by atoms with E-state index in [1.807, 2.05) is 12.1 Å². The zero-order valence-electron chi connectivity index (χ0n) is 16.9. The summed E-state index contributed by atoms with van der Waals surface area (Å²) in [6.07, 6.45) is 2.69. The highest BCUT2D eigenvalue weighted by Gasteiger charge is 2.18. The molecule has 1 fully saturated rings. The quantitative estimate of drug-likeness (QED) is 0.501. The first kappa shape index (κ1) is 20.3. The van der Waals surface area contributed by atoms with E-state index in [4.69, 9.17) is 9.47 Å². The Morgan fingerprint density at radius 3 is 2.00 bits per heavy atom. The number of rotatable bonds is 6. The summed E-state index contributed by atoms with van der Waals surface area (Å²) in [5.74, 6) is 0.319. The molecule has 2 aromatic rings. The Kier molecular flexibility index (Phi) is 6.30. The van der Waals surface area contributed by atoms with Crippen LogP contribution >= 0.6 is 0 Å². The van der Waals surface area contributed by atoms with Gasteiger partial charge in [-0.15, -0.1) is 0 Å². The standard InChI is InChI=1S/C24H28O4/c1-24(2,3)19-11-7-17(8-12-19)21(25)16-22(26)18-9-13-20(14-10-18)28-23-6-4-5-15-27-23/h7-14,23H,4-6,15-16H2,1-3H3. The van der Waals surface area contributed by atoms with E-state index in [1.165, 1.54) is 0 Å². The van der Waals surface area contributed by atoms with Crippen molar-refractivity contribution in [1.82, 2.24) is 0 Å². The number of ketones is 2. The van der Waals surface area contributed by atoms with Crippen molar-refractivity contribution in [3.05, 3.63) is 65.2 Å². The zero-order valence-corrected chi connectivity index (χ0v) is 16.9. The molecule has 2 aromatic carbocycles. The van der Waals surface area contributed by atoms with Crippen LogP contribution in [0.25, 0.3) is 0 Å². The van der Waals surface area contributed by atoms with Gasteiger partial charge >= 0.3 is 0 Å². The van der Waals surface area contributed by atoms with Gasteiger partial charge < -0.3 is 9.47 Å². The lowest BCUT2D eigenvalue weighted by Gasteiger charge is -2.23. The van der Waals surface area contributed by atoms with E-state index in [-0.39, 0.29) is 29.7 Å². The molecule has 1 unspecified atom stereocenters. The SMILES string of the molecule is CC(C)(C)c1ccc(C(=O)CC(=O)c2ccc(OC3CCCCO3)cc2)cc1. The molecule has 3 rings (SSSR count). The molecule has 1 atom stereocenters. The summed E-state index contributed by atoms with van der Waals surface area (Å²) in [6.45, 7) is 7.10. The van der Waals surface area contributed by atoms with E-state index in [2.05, 4.69) is 20.8 Å². The van der Waals surface area contributed by atoms with E-state index >= 15 is 0 Å². The van der Waals surface area contributed by atoms with Gasteiger partial charge in [-0.25, -0.2) is 0 Å². The van der Waals surface area contributed by atoms with Gasteiger partial charge in [0.15, 0.2) is 17.9 Å². The number of hydrogen-bond acceptors (Lipinski definition) is 4. The first-order valence-corrected chi connectivity index (χ1v) is 9.88. The van der Waals surface area contributed by atoms with Gasteiger partial charge in [0.25, 0.3) is 0 Å². The van der Waals surface area contributed by atoms with Crippen molar-refractivity contribution in [3.8, 4) is 5.75 Å². The van der Waals surface area contributed by atoms with Gasteiger partial charge in [-0.05, 0) is 48.1 Å². The molecule has 0 N–H and O–H groups in total. The van der Waals surface area contributed by atoms with Gasteiger partial charge in [0, 0.05) is 17.5 Å². The van der Waals surface area contributed by atoms with Crippen LogP contribution in [0.15, 0.2) is 48.5 Å². The second kappa shape index (κ2) is 8.70. The summed E-state index contributed by atoms with van der Waals surface area (Å²) < 4.78 is 11.3. The third-order valence-electron chi connectivity index (χ3n) is 4.98. The number of Topliss-reactive ketones (excluding diaryl/α,β-unsaturated/α-hetero) is 2. The van der Waals surface area contributed by atoms with Crippen LogP contribution in [0, 0.1) is 0 Å². The second-order valence-electron chi connectivity index (χ2n) is 8.29. The smallest absolute Gasteiger partial charge is 0.199 e. The maximum absolute atomic E-state index is 12.5. The van der Waals surface area contributed by atoms with Gasteiger partial charge in [0.2, 0.25) is 0 Å². The first-order valence-electron chi connectivity index (χ1n) is 9.88. The molecule has 4 heteroatoms. The highest BCUT2D eigenvalue weighted by Crippen LogP contribution is 2.23. The van der Waals surface area contributed by atoms with Crippen LogP contribution in [0.1, 0.15) is 72.7 Å². The number of ether oxygens (including phenoxy) is 2. The largest absolute Gasteiger partial charge is 0.465 e. The Bertz CT molecular complexity index is 807. The summed E-state index contributed by atoms with van der Waals surface area (Å²) in [6, 6.07) is 14.4. The van der Waals surface area contributed by atoms with E-state index in [0.717, 1.165) is 31.4 Å². The normalized spacial score (nSPS) is 17.2. The van der Waals surface area contributed by atoms with Gasteiger partial charge in [-0.1, -0.05) is 45.0 Å². The molecule has 0 spiro atoms. The Morgan fingerprint density at radius 1 is 0.929 bits per heavy atom. The van der Waals surface area contributed by atoms with Crippen molar-refractivity contribution in [3.63, 3.8) is 0 Å². The van der Waals surface area contributed by atoms with E-state index in [0.29, 0.717) is 16.9 Å². The molecule has 0 radical (unpaired) electrons. The Morgan fingerprint density at radius 2 is 1.50 bits per heavy atom. The summed E-state index contributed by atoms with van der Waals surface area (Å²) in [5.41, 5.74) is 2.27. The molecule has 28 heavy (non-hydrogen) atoms. The monoisotopic (exact) mass is 380 g/mol. The molecular formula is C24H28O4. The summed E-state index contributed by atoms with van der Waals surface area (Å²) in [4.78, 5) is 24.9. The molecule has 148 valence electrons. The molecule has 0 aliphatic carbocycles. The third kappa shape index (κ3) is 5.29.